The fraction of sp³-hybridized carbons (Fsp3) is 0.393. The van der Waals surface area contributed by atoms with Crippen molar-refractivity contribution in [2.24, 2.45) is 0 Å². The molecule has 0 saturated carbocycles. The number of hydrogen-bond donors (Lipinski definition) is 0. The van der Waals surface area contributed by atoms with Gasteiger partial charge in [0.05, 0.1) is 7.11 Å². The first-order valence-corrected chi connectivity index (χ1v) is 12.4. The van der Waals surface area contributed by atoms with Gasteiger partial charge in [0.25, 0.3) is 5.91 Å². The molecule has 0 unspecified atom stereocenters. The number of rotatable bonds is 7. The number of hydrogen-bond acceptors (Lipinski definition) is 6. The Bertz CT molecular complexity index is 1140. The SMILES string of the molecule is COc1ccc(Oc2nccnc2[C@H]2CCCN(C(=O)c3ccccc3CN3CCCC3)C2)cc1. The number of benzene rings is 2. The monoisotopic (exact) mass is 472 g/mol. The molecule has 2 saturated heterocycles. The Balaban J connectivity index is 1.32. The highest BCUT2D eigenvalue weighted by atomic mass is 16.5. The molecule has 5 rings (SSSR count). The van der Waals surface area contributed by atoms with E-state index in [-0.39, 0.29) is 11.8 Å². The van der Waals surface area contributed by atoms with Crippen molar-refractivity contribution in [2.75, 3.05) is 33.3 Å². The smallest absolute Gasteiger partial charge is 0.254 e. The van der Waals surface area contributed by atoms with Crippen LogP contribution in [0.3, 0.4) is 0 Å². The molecule has 7 nitrogen and oxygen atoms in total. The van der Waals surface area contributed by atoms with Crippen LogP contribution in [0, 0.1) is 0 Å². The average molecular weight is 473 g/mol. The molecule has 2 fully saturated rings. The summed E-state index contributed by atoms with van der Waals surface area (Å²) in [5, 5.41) is 0. The molecule has 0 spiro atoms. The summed E-state index contributed by atoms with van der Waals surface area (Å²) < 4.78 is 11.3. The number of likely N-dealkylation sites (tertiary alicyclic amines) is 2. The van der Waals surface area contributed by atoms with Crippen LogP contribution in [0.4, 0.5) is 0 Å². The van der Waals surface area contributed by atoms with Crippen molar-refractivity contribution < 1.29 is 14.3 Å². The number of aromatic nitrogens is 2. The molecule has 0 N–H and O–H groups in total. The molecule has 182 valence electrons. The minimum absolute atomic E-state index is 0.0698. The summed E-state index contributed by atoms with van der Waals surface area (Å²) in [5.41, 5.74) is 2.73. The Labute approximate surface area is 206 Å². The number of piperidine rings is 1. The normalized spacial score (nSPS) is 18.4. The predicted molar refractivity (Wildman–Crippen MR) is 134 cm³/mol. The van der Waals surface area contributed by atoms with Gasteiger partial charge in [0.1, 0.15) is 17.2 Å². The van der Waals surface area contributed by atoms with E-state index in [4.69, 9.17) is 9.47 Å². The van der Waals surface area contributed by atoms with Gasteiger partial charge in [-0.25, -0.2) is 4.98 Å². The van der Waals surface area contributed by atoms with Crippen LogP contribution in [-0.2, 0) is 6.54 Å². The molecule has 35 heavy (non-hydrogen) atoms. The van der Waals surface area contributed by atoms with Crippen LogP contribution in [0.2, 0.25) is 0 Å². The molecule has 1 atom stereocenters. The van der Waals surface area contributed by atoms with Gasteiger partial charge in [0, 0.05) is 43.5 Å². The highest BCUT2D eigenvalue weighted by molar-refractivity contribution is 5.95. The lowest BCUT2D eigenvalue weighted by molar-refractivity contribution is 0.0702. The lowest BCUT2D eigenvalue weighted by atomic mass is 9.93. The highest BCUT2D eigenvalue weighted by Crippen LogP contribution is 2.33. The van der Waals surface area contributed by atoms with Crippen molar-refractivity contribution in [3.05, 3.63) is 77.7 Å². The fourth-order valence-corrected chi connectivity index (χ4v) is 5.05. The number of amides is 1. The minimum Gasteiger partial charge on any atom is -0.497 e. The van der Waals surface area contributed by atoms with Crippen LogP contribution in [0.15, 0.2) is 60.9 Å². The summed E-state index contributed by atoms with van der Waals surface area (Å²) in [5.74, 6) is 2.10. The lowest BCUT2D eigenvalue weighted by Gasteiger charge is -2.33. The summed E-state index contributed by atoms with van der Waals surface area (Å²) in [6.07, 6.45) is 7.68. The van der Waals surface area contributed by atoms with E-state index >= 15 is 0 Å². The molecule has 0 bridgehead atoms. The third-order valence-electron chi connectivity index (χ3n) is 6.90. The molecule has 7 heteroatoms. The van der Waals surface area contributed by atoms with Crippen LogP contribution in [-0.4, -0.2) is 59.0 Å². The molecule has 0 aliphatic carbocycles. The van der Waals surface area contributed by atoms with Crippen molar-refractivity contribution >= 4 is 5.91 Å². The van der Waals surface area contributed by atoms with Gasteiger partial charge in [-0.3, -0.25) is 14.7 Å². The summed E-state index contributed by atoms with van der Waals surface area (Å²) in [7, 11) is 1.64. The van der Waals surface area contributed by atoms with Crippen molar-refractivity contribution in [1.29, 1.82) is 0 Å². The van der Waals surface area contributed by atoms with Gasteiger partial charge in [-0.1, -0.05) is 18.2 Å². The third-order valence-corrected chi connectivity index (χ3v) is 6.90. The first-order valence-electron chi connectivity index (χ1n) is 12.4. The van der Waals surface area contributed by atoms with Gasteiger partial charge in [-0.05, 0) is 74.7 Å². The van der Waals surface area contributed by atoms with Crippen molar-refractivity contribution in [1.82, 2.24) is 19.8 Å². The summed E-state index contributed by atoms with van der Waals surface area (Å²) in [6.45, 7) is 4.41. The zero-order valence-electron chi connectivity index (χ0n) is 20.2. The largest absolute Gasteiger partial charge is 0.497 e. The van der Waals surface area contributed by atoms with E-state index in [1.807, 2.05) is 47.4 Å². The number of carbonyl (C=O) groups excluding carboxylic acids is 1. The van der Waals surface area contributed by atoms with Crippen LogP contribution in [0.5, 0.6) is 17.4 Å². The van der Waals surface area contributed by atoms with E-state index in [2.05, 4.69) is 20.9 Å². The topological polar surface area (TPSA) is 67.8 Å². The van der Waals surface area contributed by atoms with Gasteiger partial charge >= 0.3 is 0 Å². The van der Waals surface area contributed by atoms with Crippen LogP contribution in [0.1, 0.15) is 53.2 Å². The molecular formula is C28H32N4O3. The van der Waals surface area contributed by atoms with Crippen LogP contribution in [0.25, 0.3) is 0 Å². The fourth-order valence-electron chi connectivity index (χ4n) is 5.05. The van der Waals surface area contributed by atoms with E-state index in [0.29, 0.717) is 18.2 Å². The molecule has 0 radical (unpaired) electrons. The first kappa shape index (κ1) is 23.3. The number of carbonyl (C=O) groups is 1. The van der Waals surface area contributed by atoms with Crippen molar-refractivity contribution in [3.8, 4) is 17.4 Å². The molecule has 3 heterocycles. The van der Waals surface area contributed by atoms with E-state index in [1.54, 1.807) is 19.5 Å². The quantitative estimate of drug-likeness (QED) is 0.488. The van der Waals surface area contributed by atoms with E-state index in [0.717, 1.165) is 61.6 Å². The predicted octanol–water partition coefficient (Wildman–Crippen LogP) is 4.89. The second-order valence-corrected chi connectivity index (χ2v) is 9.26. The maximum Gasteiger partial charge on any atom is 0.254 e. The Kier molecular flexibility index (Phi) is 7.23. The Morgan fingerprint density at radius 1 is 0.943 bits per heavy atom. The molecular weight excluding hydrogens is 440 g/mol. The zero-order chi connectivity index (χ0) is 24.0. The highest BCUT2D eigenvalue weighted by Gasteiger charge is 2.30. The Morgan fingerprint density at radius 3 is 2.49 bits per heavy atom. The van der Waals surface area contributed by atoms with Gasteiger partial charge in [-0.15, -0.1) is 0 Å². The molecule has 1 aromatic heterocycles. The summed E-state index contributed by atoms with van der Waals surface area (Å²) >= 11 is 0. The van der Waals surface area contributed by atoms with Gasteiger partial charge in [-0.2, -0.15) is 0 Å². The first-order chi connectivity index (χ1) is 17.2. The number of methoxy groups -OCH3 is 1. The van der Waals surface area contributed by atoms with E-state index in [9.17, 15) is 4.79 Å². The molecule has 2 aliphatic heterocycles. The van der Waals surface area contributed by atoms with Gasteiger partial charge < -0.3 is 14.4 Å². The second kappa shape index (κ2) is 10.9. The van der Waals surface area contributed by atoms with E-state index < -0.39 is 0 Å². The maximum atomic E-state index is 13.6. The lowest BCUT2D eigenvalue weighted by Crippen LogP contribution is -2.40. The van der Waals surface area contributed by atoms with Crippen LogP contribution < -0.4 is 9.47 Å². The van der Waals surface area contributed by atoms with Gasteiger partial charge in [0.15, 0.2) is 0 Å². The maximum absolute atomic E-state index is 13.6. The number of ether oxygens (including phenoxy) is 2. The zero-order valence-corrected chi connectivity index (χ0v) is 20.2. The van der Waals surface area contributed by atoms with Crippen LogP contribution >= 0.6 is 0 Å². The average Bonchev–Trinajstić information content (AvgIpc) is 3.43. The van der Waals surface area contributed by atoms with Crippen molar-refractivity contribution in [2.45, 2.75) is 38.1 Å². The minimum atomic E-state index is 0.0698. The third kappa shape index (κ3) is 5.46. The second-order valence-electron chi connectivity index (χ2n) is 9.26. The molecule has 2 aromatic carbocycles. The standard InChI is InChI=1S/C28H32N4O3/c1-34-23-10-12-24(13-11-23)35-27-26(29-14-15-30-27)22-8-6-18-32(20-22)28(33)25-9-3-2-7-21(25)19-31-16-4-5-17-31/h2-3,7,9-15,22H,4-6,8,16-20H2,1H3/t22-/m0/s1. The number of nitrogens with zero attached hydrogens (tertiary/aromatic N) is 4. The molecule has 3 aromatic rings. The van der Waals surface area contributed by atoms with E-state index in [1.165, 1.54) is 12.8 Å². The van der Waals surface area contributed by atoms with Gasteiger partial charge in [0.2, 0.25) is 5.88 Å². The Hall–Kier alpha value is -3.45. The Morgan fingerprint density at radius 2 is 1.69 bits per heavy atom. The summed E-state index contributed by atoms with van der Waals surface area (Å²) in [4.78, 5) is 27.1. The van der Waals surface area contributed by atoms with Crippen molar-refractivity contribution in [3.63, 3.8) is 0 Å². The molecule has 1 amide bonds. The summed E-state index contributed by atoms with van der Waals surface area (Å²) in [6, 6.07) is 15.5. The molecule has 2 aliphatic rings.